The first-order chi connectivity index (χ1) is 12.6. The number of hydrogen-bond acceptors (Lipinski definition) is 8. The van der Waals surface area contributed by atoms with Crippen LogP contribution in [0.25, 0.3) is 6.08 Å². The van der Waals surface area contributed by atoms with Crippen LogP contribution in [0.1, 0.15) is 17.5 Å². The van der Waals surface area contributed by atoms with E-state index in [-0.39, 0.29) is 5.91 Å². The quantitative estimate of drug-likeness (QED) is 0.670. The Labute approximate surface area is 155 Å². The van der Waals surface area contributed by atoms with Crippen molar-refractivity contribution in [3.8, 4) is 17.2 Å². The number of ether oxygens (including phenoxy) is 4. The molecule has 0 radical (unpaired) electrons. The van der Waals surface area contributed by atoms with E-state index >= 15 is 0 Å². The molecular weight excluding hydrogens is 358 g/mol. The molecule has 26 heavy (non-hydrogen) atoms. The first kappa shape index (κ1) is 19.7. The summed E-state index contributed by atoms with van der Waals surface area (Å²) in [5.41, 5.74) is 0.726. The molecule has 1 heterocycles. The number of carbonyl (C=O) groups is 1. The number of anilines is 1. The molecule has 0 saturated heterocycles. The molecule has 9 heteroatoms. The van der Waals surface area contributed by atoms with Crippen LogP contribution in [0.2, 0.25) is 0 Å². The Hall–Kier alpha value is -2.65. The van der Waals surface area contributed by atoms with E-state index in [1.165, 1.54) is 38.7 Å². The molecular formula is C17H21N3O5S. The van der Waals surface area contributed by atoms with Gasteiger partial charge >= 0.3 is 0 Å². The third-order valence-corrected chi connectivity index (χ3v) is 4.05. The highest BCUT2D eigenvalue weighted by molar-refractivity contribution is 7.15. The molecule has 0 bridgehead atoms. The fourth-order valence-electron chi connectivity index (χ4n) is 2.07. The van der Waals surface area contributed by atoms with Crippen LogP contribution in [0.5, 0.6) is 17.2 Å². The van der Waals surface area contributed by atoms with Crippen LogP contribution in [-0.2, 0) is 16.1 Å². The first-order valence-electron chi connectivity index (χ1n) is 7.80. The highest BCUT2D eigenvalue weighted by atomic mass is 32.1. The first-order valence-corrected chi connectivity index (χ1v) is 8.62. The van der Waals surface area contributed by atoms with Crippen molar-refractivity contribution in [1.82, 2.24) is 10.2 Å². The topological polar surface area (TPSA) is 91.8 Å². The number of nitrogens with zero attached hydrogens (tertiary/aromatic N) is 2. The summed E-state index contributed by atoms with van der Waals surface area (Å²) in [4.78, 5) is 12.1. The number of aromatic nitrogens is 2. The summed E-state index contributed by atoms with van der Waals surface area (Å²) < 4.78 is 21.1. The molecule has 2 rings (SSSR count). The van der Waals surface area contributed by atoms with Crippen molar-refractivity contribution in [2.75, 3.05) is 33.3 Å². The molecule has 0 aliphatic heterocycles. The van der Waals surface area contributed by atoms with Gasteiger partial charge in [-0.05, 0) is 30.7 Å². The zero-order chi connectivity index (χ0) is 18.9. The molecule has 1 N–H and O–H groups in total. The van der Waals surface area contributed by atoms with Gasteiger partial charge in [-0.2, -0.15) is 0 Å². The van der Waals surface area contributed by atoms with Crippen molar-refractivity contribution in [3.63, 3.8) is 0 Å². The van der Waals surface area contributed by atoms with Crippen LogP contribution < -0.4 is 19.5 Å². The van der Waals surface area contributed by atoms with Crippen LogP contribution in [0.4, 0.5) is 5.13 Å². The number of hydrogen-bond donors (Lipinski definition) is 1. The van der Waals surface area contributed by atoms with Crippen LogP contribution in [0.15, 0.2) is 18.2 Å². The molecule has 0 spiro atoms. The Morgan fingerprint density at radius 3 is 2.42 bits per heavy atom. The molecule has 0 atom stereocenters. The molecule has 0 fully saturated rings. The Kier molecular flexibility index (Phi) is 7.37. The summed E-state index contributed by atoms with van der Waals surface area (Å²) in [6.45, 7) is 2.88. The lowest BCUT2D eigenvalue weighted by atomic mass is 10.1. The second-order valence-electron chi connectivity index (χ2n) is 4.92. The van der Waals surface area contributed by atoms with E-state index in [0.29, 0.717) is 40.6 Å². The Balaban J connectivity index is 2.06. The third kappa shape index (κ3) is 5.17. The average molecular weight is 379 g/mol. The van der Waals surface area contributed by atoms with Crippen molar-refractivity contribution in [1.29, 1.82) is 0 Å². The maximum atomic E-state index is 12.1. The van der Waals surface area contributed by atoms with Crippen molar-refractivity contribution in [3.05, 3.63) is 28.8 Å². The van der Waals surface area contributed by atoms with Gasteiger partial charge in [0.15, 0.2) is 11.5 Å². The minimum absolute atomic E-state index is 0.321. The lowest BCUT2D eigenvalue weighted by molar-refractivity contribution is -0.111. The molecule has 0 aliphatic carbocycles. The molecule has 0 saturated carbocycles. The summed E-state index contributed by atoms with van der Waals surface area (Å²) in [5, 5.41) is 11.6. The summed E-state index contributed by atoms with van der Waals surface area (Å²) >= 11 is 1.27. The second-order valence-corrected chi connectivity index (χ2v) is 5.98. The van der Waals surface area contributed by atoms with E-state index in [1.807, 2.05) is 6.92 Å². The van der Waals surface area contributed by atoms with Gasteiger partial charge in [0.05, 0.1) is 21.3 Å². The van der Waals surface area contributed by atoms with E-state index in [1.54, 1.807) is 18.2 Å². The van der Waals surface area contributed by atoms with Gasteiger partial charge in [-0.25, -0.2) is 0 Å². The minimum Gasteiger partial charge on any atom is -0.493 e. The summed E-state index contributed by atoms with van der Waals surface area (Å²) in [5.74, 6) is 1.19. The van der Waals surface area contributed by atoms with Gasteiger partial charge in [0.1, 0.15) is 11.6 Å². The Morgan fingerprint density at radius 2 is 1.85 bits per heavy atom. The van der Waals surface area contributed by atoms with Gasteiger partial charge in [-0.1, -0.05) is 11.3 Å². The SMILES string of the molecule is CCOCc1nnc(NC(=O)/C=C/c2cc(OC)c(OC)c(OC)c2)s1. The predicted molar refractivity (Wildman–Crippen MR) is 99.0 cm³/mol. The smallest absolute Gasteiger partial charge is 0.250 e. The van der Waals surface area contributed by atoms with E-state index in [2.05, 4.69) is 15.5 Å². The predicted octanol–water partition coefficient (Wildman–Crippen LogP) is 2.75. The lowest BCUT2D eigenvalue weighted by Crippen LogP contribution is -2.07. The molecule has 0 unspecified atom stereocenters. The maximum absolute atomic E-state index is 12.1. The van der Waals surface area contributed by atoms with Crippen molar-refractivity contribution < 1.29 is 23.7 Å². The number of nitrogens with one attached hydrogen (secondary N) is 1. The highest BCUT2D eigenvalue weighted by Gasteiger charge is 2.12. The van der Waals surface area contributed by atoms with Crippen LogP contribution in [-0.4, -0.2) is 44.0 Å². The number of rotatable bonds is 9. The van der Waals surface area contributed by atoms with Crippen molar-refractivity contribution in [2.24, 2.45) is 0 Å². The molecule has 140 valence electrons. The third-order valence-electron chi connectivity index (χ3n) is 3.24. The second kappa shape index (κ2) is 9.73. The van der Waals surface area contributed by atoms with Gasteiger partial charge in [0, 0.05) is 12.7 Å². The van der Waals surface area contributed by atoms with Gasteiger partial charge in [0.2, 0.25) is 16.8 Å². The highest BCUT2D eigenvalue weighted by Crippen LogP contribution is 2.38. The molecule has 8 nitrogen and oxygen atoms in total. The summed E-state index contributed by atoms with van der Waals surface area (Å²) in [6.07, 6.45) is 3.03. The fraction of sp³-hybridized carbons (Fsp3) is 0.353. The molecule has 0 aliphatic rings. The van der Waals surface area contributed by atoms with Gasteiger partial charge in [-0.3, -0.25) is 10.1 Å². The Morgan fingerprint density at radius 1 is 1.15 bits per heavy atom. The average Bonchev–Trinajstić information content (AvgIpc) is 3.10. The van der Waals surface area contributed by atoms with Crippen LogP contribution in [0.3, 0.4) is 0 Å². The summed E-state index contributed by atoms with van der Waals surface area (Å²) in [6, 6.07) is 3.49. The van der Waals surface area contributed by atoms with Gasteiger partial charge < -0.3 is 18.9 Å². The standard InChI is InChI=1S/C17H21N3O5S/c1-5-25-10-15-19-20-17(26-15)18-14(21)7-6-11-8-12(22-2)16(24-4)13(9-11)23-3/h6-9H,5,10H2,1-4H3,(H,18,20,21)/b7-6+. The monoisotopic (exact) mass is 379 g/mol. The van der Waals surface area contributed by atoms with E-state index in [0.717, 1.165) is 5.56 Å². The van der Waals surface area contributed by atoms with Crippen molar-refractivity contribution in [2.45, 2.75) is 13.5 Å². The zero-order valence-corrected chi connectivity index (χ0v) is 15.9. The van der Waals surface area contributed by atoms with Gasteiger partial charge in [-0.15, -0.1) is 10.2 Å². The van der Waals surface area contributed by atoms with Gasteiger partial charge in [0.25, 0.3) is 0 Å². The largest absolute Gasteiger partial charge is 0.493 e. The molecule has 1 aromatic heterocycles. The number of amides is 1. The zero-order valence-electron chi connectivity index (χ0n) is 15.1. The number of methoxy groups -OCH3 is 3. The van der Waals surface area contributed by atoms with E-state index in [4.69, 9.17) is 18.9 Å². The molecule has 2 aromatic rings. The number of carbonyl (C=O) groups excluding carboxylic acids is 1. The number of benzene rings is 1. The lowest BCUT2D eigenvalue weighted by Gasteiger charge is -2.12. The fourth-order valence-corrected chi connectivity index (χ4v) is 2.75. The molecule has 1 amide bonds. The Bertz CT molecular complexity index is 751. The molecule has 1 aromatic carbocycles. The minimum atomic E-state index is -0.321. The van der Waals surface area contributed by atoms with E-state index < -0.39 is 0 Å². The van der Waals surface area contributed by atoms with E-state index in [9.17, 15) is 4.79 Å². The van der Waals surface area contributed by atoms with Crippen molar-refractivity contribution >= 4 is 28.5 Å². The maximum Gasteiger partial charge on any atom is 0.250 e. The van der Waals surface area contributed by atoms with Crippen LogP contribution >= 0.6 is 11.3 Å². The summed E-state index contributed by atoms with van der Waals surface area (Å²) in [7, 11) is 4.60. The normalized spacial score (nSPS) is 10.8. The van der Waals surface area contributed by atoms with Crippen LogP contribution in [0, 0.1) is 0 Å².